The van der Waals surface area contributed by atoms with Crippen molar-refractivity contribution in [3.63, 3.8) is 0 Å². The third kappa shape index (κ3) is 1.97. The lowest BCUT2D eigenvalue weighted by atomic mass is 9.96. The summed E-state index contributed by atoms with van der Waals surface area (Å²) in [6.45, 7) is 4.22. The number of nitrogens with zero attached hydrogens (tertiary/aromatic N) is 1. The van der Waals surface area contributed by atoms with Gasteiger partial charge in [0, 0.05) is 18.0 Å². The number of aromatic nitrogens is 1. The molecule has 0 radical (unpaired) electrons. The zero-order valence-electron chi connectivity index (χ0n) is 9.57. The first-order valence-electron chi connectivity index (χ1n) is 5.33. The Bertz CT molecular complexity index is 486. The van der Waals surface area contributed by atoms with Crippen LogP contribution in [-0.4, -0.2) is 10.1 Å². The molecule has 0 spiro atoms. The summed E-state index contributed by atoms with van der Waals surface area (Å²) in [5.41, 5.74) is 5.60. The molecule has 16 heavy (non-hydrogen) atoms. The average Bonchev–Trinajstić information content (AvgIpc) is 2.29. The minimum atomic E-state index is 0.0335. The maximum atomic E-state index is 9.11. The lowest BCUT2D eigenvalue weighted by molar-refractivity contribution is 0.281. The summed E-state index contributed by atoms with van der Waals surface area (Å²) in [6.07, 6.45) is 3.53. The highest BCUT2D eigenvalue weighted by Crippen LogP contribution is 2.26. The van der Waals surface area contributed by atoms with Crippen molar-refractivity contribution in [1.82, 2.24) is 4.98 Å². The average molecular weight is 213 g/mol. The molecule has 1 aromatic heterocycles. The Morgan fingerprint density at radius 1 is 1.12 bits per heavy atom. The summed E-state index contributed by atoms with van der Waals surface area (Å²) in [6, 6.07) is 8.22. The number of benzene rings is 1. The van der Waals surface area contributed by atoms with Gasteiger partial charge in [0.25, 0.3) is 0 Å². The molecule has 0 amide bonds. The number of aliphatic hydroxyl groups is 1. The van der Waals surface area contributed by atoms with Crippen LogP contribution < -0.4 is 0 Å². The normalized spacial score (nSPS) is 10.4. The van der Waals surface area contributed by atoms with E-state index in [-0.39, 0.29) is 6.61 Å². The first kappa shape index (κ1) is 10.8. The molecule has 0 bridgehead atoms. The fourth-order valence-corrected chi connectivity index (χ4v) is 1.98. The molecule has 0 saturated carbocycles. The molecule has 1 aromatic carbocycles. The van der Waals surface area contributed by atoms with Gasteiger partial charge in [-0.2, -0.15) is 0 Å². The smallest absolute Gasteiger partial charge is 0.0697 e. The monoisotopic (exact) mass is 213 g/mol. The van der Waals surface area contributed by atoms with Crippen LogP contribution in [0.5, 0.6) is 0 Å². The van der Waals surface area contributed by atoms with Crippen LogP contribution in [0, 0.1) is 13.8 Å². The highest BCUT2D eigenvalue weighted by atomic mass is 16.3. The second kappa shape index (κ2) is 4.45. The number of aliphatic hydroxyl groups excluding tert-OH is 1. The lowest BCUT2D eigenvalue weighted by Crippen LogP contribution is -1.91. The van der Waals surface area contributed by atoms with Gasteiger partial charge in [-0.15, -0.1) is 0 Å². The minimum absolute atomic E-state index is 0.0335. The zero-order chi connectivity index (χ0) is 11.5. The molecular weight excluding hydrogens is 198 g/mol. The summed E-state index contributed by atoms with van der Waals surface area (Å²) in [5.74, 6) is 0. The van der Waals surface area contributed by atoms with Crippen molar-refractivity contribution in [3.05, 3.63) is 53.3 Å². The summed E-state index contributed by atoms with van der Waals surface area (Å²) < 4.78 is 0. The third-order valence-electron chi connectivity index (χ3n) is 2.75. The largest absolute Gasteiger partial charge is 0.392 e. The molecular formula is C14H15NO. The van der Waals surface area contributed by atoms with Crippen molar-refractivity contribution in [2.75, 3.05) is 0 Å². The Hall–Kier alpha value is -1.67. The molecule has 0 fully saturated rings. The van der Waals surface area contributed by atoms with Crippen molar-refractivity contribution in [3.8, 4) is 11.1 Å². The van der Waals surface area contributed by atoms with Gasteiger partial charge in [-0.05, 0) is 42.2 Å². The predicted molar refractivity (Wildman–Crippen MR) is 65.1 cm³/mol. The second-order valence-corrected chi connectivity index (χ2v) is 4.01. The van der Waals surface area contributed by atoms with E-state index in [2.05, 4.69) is 37.0 Å². The Labute approximate surface area is 95.6 Å². The highest BCUT2D eigenvalue weighted by Gasteiger charge is 2.05. The first-order chi connectivity index (χ1) is 7.72. The van der Waals surface area contributed by atoms with Crippen LogP contribution in [-0.2, 0) is 6.61 Å². The van der Waals surface area contributed by atoms with E-state index in [0.29, 0.717) is 0 Å². The molecule has 0 atom stereocenters. The maximum Gasteiger partial charge on any atom is 0.0697 e. The van der Waals surface area contributed by atoms with E-state index >= 15 is 0 Å². The van der Waals surface area contributed by atoms with Crippen LogP contribution in [0.3, 0.4) is 0 Å². The lowest BCUT2D eigenvalue weighted by Gasteiger charge is -2.10. The quantitative estimate of drug-likeness (QED) is 0.832. The van der Waals surface area contributed by atoms with Crippen LogP contribution >= 0.6 is 0 Å². The van der Waals surface area contributed by atoms with Gasteiger partial charge in [0.15, 0.2) is 0 Å². The van der Waals surface area contributed by atoms with Crippen LogP contribution in [0.1, 0.15) is 16.7 Å². The SMILES string of the molecule is Cc1cccc(C)c1-c1cncc(CO)c1. The van der Waals surface area contributed by atoms with Crippen molar-refractivity contribution >= 4 is 0 Å². The maximum absolute atomic E-state index is 9.11. The Morgan fingerprint density at radius 2 is 1.81 bits per heavy atom. The molecule has 0 aliphatic carbocycles. The molecule has 2 nitrogen and oxygen atoms in total. The van der Waals surface area contributed by atoms with Crippen LogP contribution in [0.25, 0.3) is 11.1 Å². The minimum Gasteiger partial charge on any atom is -0.392 e. The Kier molecular flexibility index (Phi) is 3.02. The van der Waals surface area contributed by atoms with E-state index in [4.69, 9.17) is 5.11 Å². The van der Waals surface area contributed by atoms with Crippen molar-refractivity contribution < 1.29 is 5.11 Å². The van der Waals surface area contributed by atoms with Gasteiger partial charge >= 0.3 is 0 Å². The van der Waals surface area contributed by atoms with Crippen LogP contribution in [0.2, 0.25) is 0 Å². The molecule has 0 aliphatic heterocycles. The topological polar surface area (TPSA) is 33.1 Å². The van der Waals surface area contributed by atoms with Gasteiger partial charge in [0.2, 0.25) is 0 Å². The van der Waals surface area contributed by atoms with E-state index in [1.54, 1.807) is 6.20 Å². The fourth-order valence-electron chi connectivity index (χ4n) is 1.98. The molecule has 1 heterocycles. The Morgan fingerprint density at radius 3 is 2.44 bits per heavy atom. The van der Waals surface area contributed by atoms with E-state index in [1.165, 1.54) is 16.7 Å². The third-order valence-corrected chi connectivity index (χ3v) is 2.75. The summed E-state index contributed by atoms with van der Waals surface area (Å²) in [7, 11) is 0. The molecule has 0 saturated heterocycles. The standard InChI is InChI=1S/C14H15NO/c1-10-4-3-5-11(2)14(10)13-6-12(9-16)7-15-8-13/h3-8,16H,9H2,1-2H3. The fraction of sp³-hybridized carbons (Fsp3) is 0.214. The van der Waals surface area contributed by atoms with E-state index in [1.807, 2.05) is 12.3 Å². The molecule has 2 heteroatoms. The van der Waals surface area contributed by atoms with Gasteiger partial charge in [-0.25, -0.2) is 0 Å². The Balaban J connectivity index is 2.58. The van der Waals surface area contributed by atoms with Gasteiger partial charge in [-0.1, -0.05) is 18.2 Å². The van der Waals surface area contributed by atoms with Crippen LogP contribution in [0.4, 0.5) is 0 Å². The molecule has 2 rings (SSSR count). The number of hydrogen-bond acceptors (Lipinski definition) is 2. The number of aryl methyl sites for hydroxylation is 2. The van der Waals surface area contributed by atoms with Gasteiger partial charge in [0.1, 0.15) is 0 Å². The van der Waals surface area contributed by atoms with E-state index in [0.717, 1.165) is 11.1 Å². The molecule has 0 aliphatic rings. The summed E-state index contributed by atoms with van der Waals surface area (Å²) in [5, 5.41) is 9.11. The first-order valence-corrected chi connectivity index (χ1v) is 5.33. The van der Waals surface area contributed by atoms with Gasteiger partial charge < -0.3 is 5.11 Å². The van der Waals surface area contributed by atoms with Crippen molar-refractivity contribution in [1.29, 1.82) is 0 Å². The van der Waals surface area contributed by atoms with Crippen molar-refractivity contribution in [2.45, 2.75) is 20.5 Å². The highest BCUT2D eigenvalue weighted by molar-refractivity contribution is 5.70. The molecule has 82 valence electrons. The predicted octanol–water partition coefficient (Wildman–Crippen LogP) is 2.86. The van der Waals surface area contributed by atoms with E-state index in [9.17, 15) is 0 Å². The molecule has 2 aromatic rings. The second-order valence-electron chi connectivity index (χ2n) is 4.01. The van der Waals surface area contributed by atoms with Gasteiger partial charge in [-0.3, -0.25) is 4.98 Å². The van der Waals surface area contributed by atoms with E-state index < -0.39 is 0 Å². The number of hydrogen-bond donors (Lipinski definition) is 1. The number of rotatable bonds is 2. The number of pyridine rings is 1. The van der Waals surface area contributed by atoms with Gasteiger partial charge in [0.05, 0.1) is 6.61 Å². The molecule has 1 N–H and O–H groups in total. The van der Waals surface area contributed by atoms with Crippen molar-refractivity contribution in [2.24, 2.45) is 0 Å². The zero-order valence-corrected chi connectivity index (χ0v) is 9.57. The summed E-state index contributed by atoms with van der Waals surface area (Å²) >= 11 is 0. The van der Waals surface area contributed by atoms with Crippen LogP contribution in [0.15, 0.2) is 36.7 Å². The summed E-state index contributed by atoms with van der Waals surface area (Å²) in [4.78, 5) is 4.15. The molecule has 0 unspecified atom stereocenters.